The second-order valence-electron chi connectivity index (χ2n) is 10.1. The van der Waals surface area contributed by atoms with Crippen LogP contribution in [0.3, 0.4) is 0 Å². The minimum Gasteiger partial charge on any atom is -0.368 e. The van der Waals surface area contributed by atoms with Gasteiger partial charge in [-0.05, 0) is 66.9 Å². The molecule has 1 saturated heterocycles. The molecule has 0 aliphatic carbocycles. The summed E-state index contributed by atoms with van der Waals surface area (Å²) in [6.45, 7) is 7.58. The number of rotatable bonds is 6. The SMILES string of the molecule is Cc1ccc2c(N3CCN(CCc4cccc(N5Cc6cccc(F)c6C5C=O)c4)CC3)cccc2n1. The molecule has 5 nitrogen and oxygen atoms in total. The number of carbonyl (C=O) groups is 1. The van der Waals surface area contributed by atoms with E-state index in [9.17, 15) is 9.18 Å². The molecular formula is C31H31FN4O. The number of hydrogen-bond donors (Lipinski definition) is 0. The summed E-state index contributed by atoms with van der Waals surface area (Å²) in [5, 5.41) is 1.22. The fourth-order valence-electron chi connectivity index (χ4n) is 5.79. The van der Waals surface area contributed by atoms with Crippen molar-refractivity contribution < 1.29 is 9.18 Å². The van der Waals surface area contributed by atoms with E-state index in [1.165, 1.54) is 22.7 Å². The van der Waals surface area contributed by atoms with E-state index in [4.69, 9.17) is 4.98 Å². The molecule has 6 rings (SSSR count). The zero-order valence-electron chi connectivity index (χ0n) is 21.1. The Hall–Kier alpha value is -3.77. The summed E-state index contributed by atoms with van der Waals surface area (Å²) in [6, 6.07) is 23.5. The molecule has 3 aromatic carbocycles. The monoisotopic (exact) mass is 494 g/mol. The molecule has 0 N–H and O–H groups in total. The van der Waals surface area contributed by atoms with E-state index in [2.05, 4.69) is 52.3 Å². The van der Waals surface area contributed by atoms with Crippen LogP contribution in [0.25, 0.3) is 10.9 Å². The molecule has 6 heteroatoms. The van der Waals surface area contributed by atoms with Gasteiger partial charge in [-0.1, -0.05) is 30.3 Å². The fourth-order valence-corrected chi connectivity index (χ4v) is 5.79. The predicted molar refractivity (Wildman–Crippen MR) is 147 cm³/mol. The summed E-state index contributed by atoms with van der Waals surface area (Å²) < 4.78 is 14.5. The van der Waals surface area contributed by atoms with E-state index >= 15 is 0 Å². The van der Waals surface area contributed by atoms with Gasteiger partial charge in [0.1, 0.15) is 18.1 Å². The van der Waals surface area contributed by atoms with Gasteiger partial charge in [0.2, 0.25) is 0 Å². The number of hydrogen-bond acceptors (Lipinski definition) is 5. The van der Waals surface area contributed by atoms with Crippen molar-refractivity contribution in [1.82, 2.24) is 9.88 Å². The Morgan fingerprint density at radius 2 is 1.78 bits per heavy atom. The predicted octanol–water partition coefficient (Wildman–Crippen LogP) is 5.31. The molecule has 0 radical (unpaired) electrons. The molecule has 1 atom stereocenters. The number of benzene rings is 3. The Balaban J connectivity index is 1.09. The average Bonchev–Trinajstić information content (AvgIpc) is 3.32. The molecule has 1 unspecified atom stereocenters. The number of aryl methyl sites for hydroxylation is 1. The van der Waals surface area contributed by atoms with Gasteiger partial charge >= 0.3 is 0 Å². The maximum atomic E-state index is 14.5. The third-order valence-electron chi connectivity index (χ3n) is 7.76. The first-order valence-corrected chi connectivity index (χ1v) is 13.0. The number of nitrogens with zero attached hydrogens (tertiary/aromatic N) is 4. The molecule has 1 aromatic heterocycles. The van der Waals surface area contributed by atoms with Crippen LogP contribution in [-0.2, 0) is 17.8 Å². The van der Waals surface area contributed by atoms with Gasteiger partial charge in [-0.2, -0.15) is 0 Å². The Labute approximate surface area is 217 Å². The third kappa shape index (κ3) is 4.58. The van der Waals surface area contributed by atoms with Gasteiger partial charge in [0.25, 0.3) is 0 Å². The van der Waals surface area contributed by atoms with Crippen molar-refractivity contribution in [3.8, 4) is 0 Å². The van der Waals surface area contributed by atoms with Gasteiger partial charge in [-0.15, -0.1) is 0 Å². The van der Waals surface area contributed by atoms with Crippen molar-refractivity contribution in [3.05, 3.63) is 101 Å². The van der Waals surface area contributed by atoms with Gasteiger partial charge < -0.3 is 14.6 Å². The number of pyridine rings is 1. The van der Waals surface area contributed by atoms with Crippen LogP contribution < -0.4 is 9.80 Å². The molecule has 0 saturated carbocycles. The number of aldehydes is 1. The molecule has 188 valence electrons. The van der Waals surface area contributed by atoms with Crippen molar-refractivity contribution in [2.24, 2.45) is 0 Å². The van der Waals surface area contributed by atoms with Crippen LogP contribution in [-0.4, -0.2) is 48.9 Å². The topological polar surface area (TPSA) is 39.7 Å². The van der Waals surface area contributed by atoms with Crippen LogP contribution in [0.15, 0.2) is 72.8 Å². The third-order valence-corrected chi connectivity index (χ3v) is 7.76. The number of fused-ring (bicyclic) bond motifs is 2. The quantitative estimate of drug-likeness (QED) is 0.340. The fraction of sp³-hybridized carbons (Fsp3) is 0.290. The molecule has 0 amide bonds. The first kappa shape index (κ1) is 23.6. The van der Waals surface area contributed by atoms with Crippen molar-refractivity contribution in [2.45, 2.75) is 25.9 Å². The average molecular weight is 495 g/mol. The van der Waals surface area contributed by atoms with Crippen LogP contribution in [0.2, 0.25) is 0 Å². The number of halogens is 1. The van der Waals surface area contributed by atoms with Crippen LogP contribution in [0.4, 0.5) is 15.8 Å². The van der Waals surface area contributed by atoms with Crippen LogP contribution in [0, 0.1) is 12.7 Å². The zero-order chi connectivity index (χ0) is 25.4. The van der Waals surface area contributed by atoms with E-state index in [0.717, 1.165) is 67.9 Å². The molecule has 2 aliphatic rings. The summed E-state index contributed by atoms with van der Waals surface area (Å²) in [6.07, 6.45) is 1.79. The molecule has 0 bridgehead atoms. The Kier molecular flexibility index (Phi) is 6.35. The second kappa shape index (κ2) is 9.94. The Morgan fingerprint density at radius 3 is 2.62 bits per heavy atom. The summed E-state index contributed by atoms with van der Waals surface area (Å²) in [7, 11) is 0. The van der Waals surface area contributed by atoms with E-state index in [-0.39, 0.29) is 5.82 Å². The second-order valence-corrected chi connectivity index (χ2v) is 10.1. The maximum absolute atomic E-state index is 14.5. The van der Waals surface area contributed by atoms with Crippen molar-refractivity contribution in [3.63, 3.8) is 0 Å². The number of piperazine rings is 1. The lowest BCUT2D eigenvalue weighted by Crippen LogP contribution is -2.47. The molecule has 4 aromatic rings. The highest BCUT2D eigenvalue weighted by atomic mass is 19.1. The first-order chi connectivity index (χ1) is 18.1. The van der Waals surface area contributed by atoms with Crippen LogP contribution in [0.5, 0.6) is 0 Å². The molecular weight excluding hydrogens is 463 g/mol. The summed E-state index contributed by atoms with van der Waals surface area (Å²) in [5.74, 6) is -0.303. The van der Waals surface area contributed by atoms with Crippen LogP contribution >= 0.6 is 0 Å². The largest absolute Gasteiger partial charge is 0.368 e. The van der Waals surface area contributed by atoms with Crippen molar-refractivity contribution in [1.29, 1.82) is 0 Å². The normalized spacial score (nSPS) is 17.8. The number of aromatic nitrogens is 1. The Bertz CT molecular complexity index is 1450. The summed E-state index contributed by atoms with van der Waals surface area (Å²) in [5.41, 5.74) is 6.97. The van der Waals surface area contributed by atoms with E-state index < -0.39 is 6.04 Å². The van der Waals surface area contributed by atoms with Crippen LogP contribution in [0.1, 0.15) is 28.4 Å². The lowest BCUT2D eigenvalue weighted by atomic mass is 10.0. The number of carbonyl (C=O) groups excluding carboxylic acids is 1. The molecule has 3 heterocycles. The lowest BCUT2D eigenvalue weighted by molar-refractivity contribution is -0.109. The summed E-state index contributed by atoms with van der Waals surface area (Å²) in [4.78, 5) is 23.6. The van der Waals surface area contributed by atoms with E-state index in [1.54, 1.807) is 6.07 Å². The van der Waals surface area contributed by atoms with Gasteiger partial charge in [0, 0.05) is 67.3 Å². The minimum atomic E-state index is -0.576. The van der Waals surface area contributed by atoms with Crippen molar-refractivity contribution >= 4 is 28.6 Å². The zero-order valence-corrected chi connectivity index (χ0v) is 21.1. The Morgan fingerprint density at radius 1 is 0.973 bits per heavy atom. The minimum absolute atomic E-state index is 0.303. The lowest BCUT2D eigenvalue weighted by Gasteiger charge is -2.36. The highest BCUT2D eigenvalue weighted by Gasteiger charge is 2.32. The molecule has 1 fully saturated rings. The molecule has 37 heavy (non-hydrogen) atoms. The first-order valence-electron chi connectivity index (χ1n) is 13.0. The standard InChI is InChI=1S/C31H31FN4O/c1-22-11-12-26-28(33-22)9-4-10-29(26)35-17-15-34(16-18-35)14-13-23-5-2-7-25(19-23)36-20-24-6-3-8-27(32)31(24)30(36)21-37/h2-12,19,21,30H,13-18,20H2,1H3. The summed E-state index contributed by atoms with van der Waals surface area (Å²) >= 11 is 0. The van der Waals surface area contributed by atoms with E-state index in [1.807, 2.05) is 30.0 Å². The van der Waals surface area contributed by atoms with Gasteiger partial charge in [0.15, 0.2) is 0 Å². The molecule has 0 spiro atoms. The van der Waals surface area contributed by atoms with Gasteiger partial charge in [0.05, 0.1) is 5.52 Å². The smallest absolute Gasteiger partial charge is 0.147 e. The molecule has 2 aliphatic heterocycles. The van der Waals surface area contributed by atoms with E-state index in [0.29, 0.717) is 12.1 Å². The van der Waals surface area contributed by atoms with Gasteiger partial charge in [-0.25, -0.2) is 4.39 Å². The van der Waals surface area contributed by atoms with Crippen molar-refractivity contribution in [2.75, 3.05) is 42.5 Å². The van der Waals surface area contributed by atoms with Gasteiger partial charge in [-0.3, -0.25) is 9.88 Å². The number of anilines is 2. The highest BCUT2D eigenvalue weighted by Crippen LogP contribution is 2.38. The maximum Gasteiger partial charge on any atom is 0.147 e. The highest BCUT2D eigenvalue weighted by molar-refractivity contribution is 5.92.